The first-order chi connectivity index (χ1) is 8.56. The third-order valence-corrected chi connectivity index (χ3v) is 3.28. The molecule has 0 amide bonds. The lowest BCUT2D eigenvalue weighted by Gasteiger charge is -2.11. The number of ether oxygens (including phenoxy) is 2. The highest BCUT2D eigenvalue weighted by Crippen LogP contribution is 2.22. The molecule has 2 unspecified atom stereocenters. The number of carbonyl (C=O) groups excluding carboxylic acids is 1. The standard InChI is InChI=1S/C13H16ClNO3/c1-8-2-4-10(18-8)7-17-13(16)9-3-5-12(15)11(14)6-9/h3,5-6,8,10H,2,4,7,15H2,1H3. The minimum Gasteiger partial charge on any atom is -0.459 e. The number of rotatable bonds is 3. The van der Waals surface area contributed by atoms with Crippen LogP contribution in [0.1, 0.15) is 30.1 Å². The Morgan fingerprint density at radius 1 is 1.56 bits per heavy atom. The van der Waals surface area contributed by atoms with Crippen LogP contribution in [0.2, 0.25) is 5.02 Å². The zero-order valence-corrected chi connectivity index (χ0v) is 10.9. The SMILES string of the molecule is CC1CCC(COC(=O)c2ccc(N)c(Cl)c2)O1. The number of halogens is 1. The number of benzene rings is 1. The molecule has 1 saturated heterocycles. The van der Waals surface area contributed by atoms with Crippen molar-refractivity contribution in [3.05, 3.63) is 28.8 Å². The molecule has 1 heterocycles. The van der Waals surface area contributed by atoms with Crippen molar-refractivity contribution in [1.29, 1.82) is 0 Å². The van der Waals surface area contributed by atoms with Gasteiger partial charge >= 0.3 is 5.97 Å². The van der Waals surface area contributed by atoms with E-state index in [2.05, 4.69) is 0 Å². The quantitative estimate of drug-likeness (QED) is 0.677. The Hall–Kier alpha value is -1.26. The van der Waals surface area contributed by atoms with Crippen LogP contribution in [-0.2, 0) is 9.47 Å². The van der Waals surface area contributed by atoms with Gasteiger partial charge in [0.25, 0.3) is 0 Å². The van der Waals surface area contributed by atoms with Crippen LogP contribution in [0.3, 0.4) is 0 Å². The molecule has 4 nitrogen and oxygen atoms in total. The van der Waals surface area contributed by atoms with E-state index in [1.807, 2.05) is 6.92 Å². The second-order valence-electron chi connectivity index (χ2n) is 4.48. The monoisotopic (exact) mass is 269 g/mol. The lowest BCUT2D eigenvalue weighted by Crippen LogP contribution is -2.19. The van der Waals surface area contributed by atoms with Gasteiger partial charge in [-0.25, -0.2) is 4.79 Å². The summed E-state index contributed by atoms with van der Waals surface area (Å²) < 4.78 is 10.8. The van der Waals surface area contributed by atoms with Crippen LogP contribution in [0.15, 0.2) is 18.2 Å². The van der Waals surface area contributed by atoms with Gasteiger partial charge in [-0.15, -0.1) is 0 Å². The first-order valence-corrected chi connectivity index (χ1v) is 6.31. The van der Waals surface area contributed by atoms with Crippen molar-refractivity contribution >= 4 is 23.3 Å². The molecular weight excluding hydrogens is 254 g/mol. The van der Waals surface area contributed by atoms with Gasteiger partial charge in [0.1, 0.15) is 6.61 Å². The summed E-state index contributed by atoms with van der Waals surface area (Å²) in [6.07, 6.45) is 2.19. The molecule has 18 heavy (non-hydrogen) atoms. The minimum atomic E-state index is -0.403. The van der Waals surface area contributed by atoms with Crippen molar-refractivity contribution in [1.82, 2.24) is 0 Å². The topological polar surface area (TPSA) is 61.5 Å². The van der Waals surface area contributed by atoms with Crippen molar-refractivity contribution in [3.8, 4) is 0 Å². The molecule has 5 heteroatoms. The van der Waals surface area contributed by atoms with Crippen molar-refractivity contribution in [2.75, 3.05) is 12.3 Å². The lowest BCUT2D eigenvalue weighted by atomic mass is 10.2. The van der Waals surface area contributed by atoms with Crippen LogP contribution in [-0.4, -0.2) is 24.8 Å². The van der Waals surface area contributed by atoms with Crippen molar-refractivity contribution in [2.24, 2.45) is 0 Å². The maximum atomic E-state index is 11.8. The van der Waals surface area contributed by atoms with E-state index < -0.39 is 5.97 Å². The highest BCUT2D eigenvalue weighted by molar-refractivity contribution is 6.33. The Kier molecular flexibility index (Phi) is 4.09. The van der Waals surface area contributed by atoms with E-state index in [4.69, 9.17) is 26.8 Å². The second kappa shape index (κ2) is 5.59. The maximum absolute atomic E-state index is 11.8. The molecule has 2 N–H and O–H groups in total. The normalized spacial score (nSPS) is 23.0. The smallest absolute Gasteiger partial charge is 0.338 e. The van der Waals surface area contributed by atoms with Crippen LogP contribution in [0, 0.1) is 0 Å². The van der Waals surface area contributed by atoms with Gasteiger partial charge in [0.15, 0.2) is 0 Å². The average Bonchev–Trinajstić information content (AvgIpc) is 2.75. The summed E-state index contributed by atoms with van der Waals surface area (Å²) in [7, 11) is 0. The lowest BCUT2D eigenvalue weighted by molar-refractivity contribution is -0.00265. The van der Waals surface area contributed by atoms with Crippen molar-refractivity contribution in [3.63, 3.8) is 0 Å². The van der Waals surface area contributed by atoms with Gasteiger partial charge in [-0.1, -0.05) is 11.6 Å². The number of carbonyl (C=O) groups is 1. The molecule has 1 fully saturated rings. The van der Waals surface area contributed by atoms with Gasteiger partial charge in [-0.2, -0.15) is 0 Å². The first kappa shape index (κ1) is 13.2. The van der Waals surface area contributed by atoms with Gasteiger partial charge < -0.3 is 15.2 Å². The molecule has 98 valence electrons. The predicted molar refractivity (Wildman–Crippen MR) is 69.7 cm³/mol. The molecule has 0 aliphatic carbocycles. The van der Waals surface area contributed by atoms with Crippen LogP contribution < -0.4 is 5.73 Å². The van der Waals surface area contributed by atoms with E-state index in [9.17, 15) is 4.79 Å². The Balaban J connectivity index is 1.89. The van der Waals surface area contributed by atoms with Gasteiger partial charge in [-0.05, 0) is 38.0 Å². The molecule has 0 radical (unpaired) electrons. The van der Waals surface area contributed by atoms with Gasteiger partial charge in [-0.3, -0.25) is 0 Å². The predicted octanol–water partition coefficient (Wildman–Crippen LogP) is 2.65. The maximum Gasteiger partial charge on any atom is 0.338 e. The molecule has 0 saturated carbocycles. The molecule has 1 aromatic rings. The van der Waals surface area contributed by atoms with Crippen LogP contribution in [0.25, 0.3) is 0 Å². The number of hydrogen-bond donors (Lipinski definition) is 1. The summed E-state index contributed by atoms with van der Waals surface area (Å²) in [6.45, 7) is 2.30. The van der Waals surface area contributed by atoms with Crippen LogP contribution in [0.5, 0.6) is 0 Å². The van der Waals surface area contributed by atoms with E-state index in [1.54, 1.807) is 12.1 Å². The largest absolute Gasteiger partial charge is 0.459 e. The zero-order valence-electron chi connectivity index (χ0n) is 10.2. The molecule has 0 aromatic heterocycles. The van der Waals surface area contributed by atoms with Crippen molar-refractivity contribution < 1.29 is 14.3 Å². The Labute approximate surface area is 111 Å². The highest BCUT2D eigenvalue weighted by atomic mass is 35.5. The number of nitrogens with two attached hydrogens (primary N) is 1. The molecule has 0 bridgehead atoms. The fourth-order valence-corrected chi connectivity index (χ4v) is 2.09. The van der Waals surface area contributed by atoms with E-state index >= 15 is 0 Å². The minimum absolute atomic E-state index is 0.00760. The van der Waals surface area contributed by atoms with E-state index in [1.165, 1.54) is 6.07 Å². The Morgan fingerprint density at radius 3 is 2.94 bits per heavy atom. The molecule has 2 rings (SSSR count). The Bertz CT molecular complexity index is 450. The summed E-state index contributed by atoms with van der Waals surface area (Å²) in [5.74, 6) is -0.403. The summed E-state index contributed by atoms with van der Waals surface area (Å²) in [6, 6.07) is 4.70. The van der Waals surface area contributed by atoms with Gasteiger partial charge in [0, 0.05) is 0 Å². The molecular formula is C13H16ClNO3. The van der Waals surface area contributed by atoms with E-state index in [0.717, 1.165) is 12.8 Å². The fraction of sp³-hybridized carbons (Fsp3) is 0.462. The highest BCUT2D eigenvalue weighted by Gasteiger charge is 2.23. The van der Waals surface area contributed by atoms with Crippen LogP contribution >= 0.6 is 11.6 Å². The summed E-state index contributed by atoms with van der Waals surface area (Å²) in [5.41, 5.74) is 6.42. The van der Waals surface area contributed by atoms with Gasteiger partial charge in [0.05, 0.1) is 28.5 Å². The molecule has 1 aromatic carbocycles. The number of esters is 1. The summed E-state index contributed by atoms with van der Waals surface area (Å²) >= 11 is 5.85. The fourth-order valence-electron chi connectivity index (χ4n) is 1.91. The third-order valence-electron chi connectivity index (χ3n) is 2.96. The van der Waals surface area contributed by atoms with Gasteiger partial charge in [0.2, 0.25) is 0 Å². The molecule has 2 atom stereocenters. The van der Waals surface area contributed by atoms with E-state index in [0.29, 0.717) is 16.3 Å². The van der Waals surface area contributed by atoms with Crippen molar-refractivity contribution in [2.45, 2.75) is 32.0 Å². The summed E-state index contributed by atoms with van der Waals surface area (Å²) in [5, 5.41) is 0.357. The van der Waals surface area contributed by atoms with E-state index in [-0.39, 0.29) is 18.8 Å². The average molecular weight is 270 g/mol. The molecule has 1 aliphatic heterocycles. The first-order valence-electron chi connectivity index (χ1n) is 5.94. The second-order valence-corrected chi connectivity index (χ2v) is 4.89. The summed E-state index contributed by atoms with van der Waals surface area (Å²) in [4.78, 5) is 11.8. The molecule has 0 spiro atoms. The number of nitrogen functional groups attached to an aromatic ring is 1. The van der Waals surface area contributed by atoms with Crippen LogP contribution in [0.4, 0.5) is 5.69 Å². The third kappa shape index (κ3) is 3.15. The molecule has 1 aliphatic rings. The zero-order chi connectivity index (χ0) is 13.1. The number of anilines is 1. The Morgan fingerprint density at radius 2 is 2.33 bits per heavy atom. The number of hydrogen-bond acceptors (Lipinski definition) is 4.